The minimum Gasteiger partial charge on any atom is -0.493 e. The third-order valence-electron chi connectivity index (χ3n) is 3.73. The predicted octanol–water partition coefficient (Wildman–Crippen LogP) is 3.22. The van der Waals surface area contributed by atoms with Gasteiger partial charge in [0.2, 0.25) is 0 Å². The lowest BCUT2D eigenvalue weighted by molar-refractivity contribution is 0.0479. The molecule has 0 saturated heterocycles. The van der Waals surface area contributed by atoms with Crippen molar-refractivity contribution in [2.24, 2.45) is 0 Å². The highest BCUT2D eigenvalue weighted by molar-refractivity contribution is 6.30. The monoisotopic (exact) mass is 297 g/mol. The second kappa shape index (κ2) is 7.30. The van der Waals surface area contributed by atoms with Crippen LogP contribution in [0.2, 0.25) is 5.02 Å². The number of ether oxygens (including phenoxy) is 2. The zero-order valence-electron chi connectivity index (χ0n) is 12.5. The van der Waals surface area contributed by atoms with E-state index in [2.05, 4.69) is 19.2 Å². The highest BCUT2D eigenvalue weighted by atomic mass is 35.5. The van der Waals surface area contributed by atoms with Crippen LogP contribution in [0.25, 0.3) is 0 Å². The number of likely N-dealkylation sites (N-methyl/N-ethyl adjacent to an activating group) is 1. The first-order valence-corrected chi connectivity index (χ1v) is 7.82. The summed E-state index contributed by atoms with van der Waals surface area (Å²) in [6.07, 6.45) is 1.99. The van der Waals surface area contributed by atoms with Gasteiger partial charge in [0.25, 0.3) is 0 Å². The van der Waals surface area contributed by atoms with E-state index < -0.39 is 0 Å². The summed E-state index contributed by atoms with van der Waals surface area (Å²) in [7, 11) is 0. The van der Waals surface area contributed by atoms with Gasteiger partial charge in [0.15, 0.2) is 0 Å². The number of benzene rings is 1. The molecule has 2 rings (SSSR count). The lowest BCUT2D eigenvalue weighted by Crippen LogP contribution is -2.41. The van der Waals surface area contributed by atoms with E-state index in [9.17, 15) is 0 Å². The molecule has 0 spiro atoms. The molecular weight excluding hydrogens is 274 g/mol. The van der Waals surface area contributed by atoms with E-state index in [1.54, 1.807) is 0 Å². The van der Waals surface area contributed by atoms with Crippen LogP contribution in [0.3, 0.4) is 0 Å². The van der Waals surface area contributed by atoms with Crippen molar-refractivity contribution >= 4 is 11.6 Å². The van der Waals surface area contributed by atoms with Gasteiger partial charge in [-0.2, -0.15) is 0 Å². The number of hydrogen-bond acceptors (Lipinski definition) is 3. The molecule has 1 heterocycles. The van der Waals surface area contributed by atoms with Gasteiger partial charge in [-0.15, -0.1) is 0 Å². The summed E-state index contributed by atoms with van der Waals surface area (Å²) in [6.45, 7) is 8.67. The summed E-state index contributed by atoms with van der Waals surface area (Å²) in [4.78, 5) is 0. The van der Waals surface area contributed by atoms with Gasteiger partial charge in [-0.3, -0.25) is 0 Å². The van der Waals surface area contributed by atoms with Crippen molar-refractivity contribution in [3.63, 3.8) is 0 Å². The molecule has 2 unspecified atom stereocenters. The second-order valence-corrected chi connectivity index (χ2v) is 5.62. The van der Waals surface area contributed by atoms with E-state index in [1.165, 1.54) is 11.1 Å². The van der Waals surface area contributed by atoms with Gasteiger partial charge in [0.05, 0.1) is 12.7 Å². The summed E-state index contributed by atoms with van der Waals surface area (Å²) in [5.74, 6) is 1.03. The maximum absolute atomic E-state index is 6.22. The summed E-state index contributed by atoms with van der Waals surface area (Å²) in [5, 5.41) is 4.30. The summed E-state index contributed by atoms with van der Waals surface area (Å²) >= 11 is 6.22. The standard InChI is InChI=1S/C16H24ClNO2/c1-4-18-15(11(3)19-5-2)10-13-9-14(17)8-12-6-7-20-16(12)13/h8-9,11,15,18H,4-7,10H2,1-3H3. The third-order valence-corrected chi connectivity index (χ3v) is 3.95. The van der Waals surface area contributed by atoms with Crippen molar-refractivity contribution in [1.29, 1.82) is 0 Å². The Labute approximate surface area is 126 Å². The number of rotatable bonds is 7. The molecule has 2 atom stereocenters. The van der Waals surface area contributed by atoms with Crippen LogP contribution in [-0.2, 0) is 17.6 Å². The molecule has 1 aliphatic heterocycles. The average Bonchev–Trinajstić information content (AvgIpc) is 2.86. The highest BCUT2D eigenvalue weighted by Crippen LogP contribution is 2.33. The molecule has 0 aliphatic carbocycles. The van der Waals surface area contributed by atoms with E-state index in [-0.39, 0.29) is 12.1 Å². The lowest BCUT2D eigenvalue weighted by Gasteiger charge is -2.25. The van der Waals surface area contributed by atoms with Crippen LogP contribution in [0.4, 0.5) is 0 Å². The Morgan fingerprint density at radius 2 is 2.20 bits per heavy atom. The maximum Gasteiger partial charge on any atom is 0.125 e. The van der Waals surface area contributed by atoms with Crippen LogP contribution in [0, 0.1) is 0 Å². The third kappa shape index (κ3) is 3.66. The predicted molar refractivity (Wildman–Crippen MR) is 82.9 cm³/mol. The molecule has 0 aromatic heterocycles. The van der Waals surface area contributed by atoms with E-state index in [4.69, 9.17) is 21.1 Å². The van der Waals surface area contributed by atoms with Gasteiger partial charge >= 0.3 is 0 Å². The number of nitrogens with one attached hydrogen (secondary N) is 1. The number of halogens is 1. The van der Waals surface area contributed by atoms with Crippen molar-refractivity contribution in [3.8, 4) is 5.75 Å². The van der Waals surface area contributed by atoms with E-state index >= 15 is 0 Å². The zero-order chi connectivity index (χ0) is 14.5. The molecule has 3 nitrogen and oxygen atoms in total. The van der Waals surface area contributed by atoms with Crippen molar-refractivity contribution in [3.05, 3.63) is 28.3 Å². The molecule has 1 aliphatic rings. The largest absolute Gasteiger partial charge is 0.493 e. The van der Waals surface area contributed by atoms with Gasteiger partial charge in [-0.05, 0) is 50.1 Å². The Hall–Kier alpha value is -0.770. The van der Waals surface area contributed by atoms with Gasteiger partial charge < -0.3 is 14.8 Å². The lowest BCUT2D eigenvalue weighted by atomic mass is 9.98. The van der Waals surface area contributed by atoms with Gasteiger partial charge in [-0.25, -0.2) is 0 Å². The summed E-state index contributed by atoms with van der Waals surface area (Å²) in [6, 6.07) is 4.31. The molecule has 1 N–H and O–H groups in total. The molecule has 1 aromatic rings. The SMILES string of the molecule is CCNC(Cc1cc(Cl)cc2c1OCC2)C(C)OCC. The number of fused-ring (bicyclic) bond motifs is 1. The maximum atomic E-state index is 6.22. The molecule has 0 fully saturated rings. The minimum absolute atomic E-state index is 0.163. The van der Waals surface area contributed by atoms with E-state index in [0.717, 1.165) is 43.4 Å². The first-order valence-electron chi connectivity index (χ1n) is 7.44. The van der Waals surface area contributed by atoms with E-state index in [0.29, 0.717) is 0 Å². The van der Waals surface area contributed by atoms with Gasteiger partial charge in [0.1, 0.15) is 5.75 Å². The molecule has 0 bridgehead atoms. The molecule has 0 saturated carbocycles. The normalized spacial score (nSPS) is 16.6. The Kier molecular flexibility index (Phi) is 5.70. The molecule has 20 heavy (non-hydrogen) atoms. The fraction of sp³-hybridized carbons (Fsp3) is 0.625. The minimum atomic E-state index is 0.163. The molecular formula is C16H24ClNO2. The molecule has 1 aromatic carbocycles. The van der Waals surface area contributed by atoms with Crippen LogP contribution in [0.15, 0.2) is 12.1 Å². The Morgan fingerprint density at radius 1 is 1.40 bits per heavy atom. The van der Waals surface area contributed by atoms with Crippen molar-refractivity contribution in [2.45, 2.75) is 45.8 Å². The van der Waals surface area contributed by atoms with Crippen LogP contribution in [0.1, 0.15) is 31.9 Å². The van der Waals surface area contributed by atoms with Crippen LogP contribution in [0.5, 0.6) is 5.75 Å². The molecule has 0 amide bonds. The smallest absolute Gasteiger partial charge is 0.125 e. The summed E-state index contributed by atoms with van der Waals surface area (Å²) in [5.41, 5.74) is 2.41. The number of hydrogen-bond donors (Lipinski definition) is 1. The van der Waals surface area contributed by atoms with Gasteiger partial charge in [-0.1, -0.05) is 18.5 Å². The topological polar surface area (TPSA) is 30.5 Å². The Bertz CT molecular complexity index is 450. The molecule has 112 valence electrons. The van der Waals surface area contributed by atoms with Gasteiger partial charge in [0, 0.05) is 24.1 Å². The van der Waals surface area contributed by atoms with Crippen molar-refractivity contribution < 1.29 is 9.47 Å². The Balaban J connectivity index is 2.18. The first-order chi connectivity index (χ1) is 9.65. The quantitative estimate of drug-likeness (QED) is 0.838. The van der Waals surface area contributed by atoms with Crippen LogP contribution >= 0.6 is 11.6 Å². The first kappa shape index (κ1) is 15.6. The van der Waals surface area contributed by atoms with Crippen molar-refractivity contribution in [2.75, 3.05) is 19.8 Å². The average molecular weight is 298 g/mol. The second-order valence-electron chi connectivity index (χ2n) is 5.18. The van der Waals surface area contributed by atoms with E-state index in [1.807, 2.05) is 19.1 Å². The molecule has 0 radical (unpaired) electrons. The van der Waals surface area contributed by atoms with Crippen molar-refractivity contribution in [1.82, 2.24) is 5.32 Å². The fourth-order valence-corrected chi connectivity index (χ4v) is 3.04. The zero-order valence-corrected chi connectivity index (χ0v) is 13.3. The highest BCUT2D eigenvalue weighted by Gasteiger charge is 2.23. The fourth-order valence-electron chi connectivity index (χ4n) is 2.78. The van der Waals surface area contributed by atoms with Crippen LogP contribution < -0.4 is 10.1 Å². The Morgan fingerprint density at radius 3 is 2.90 bits per heavy atom. The summed E-state index contributed by atoms with van der Waals surface area (Å²) < 4.78 is 11.5. The molecule has 4 heteroatoms. The van der Waals surface area contributed by atoms with Crippen LogP contribution in [-0.4, -0.2) is 31.9 Å².